The molecule has 0 saturated carbocycles. The zero-order valence-corrected chi connectivity index (χ0v) is 19.4. The van der Waals surface area contributed by atoms with Gasteiger partial charge in [-0.05, 0) is 55.0 Å². The van der Waals surface area contributed by atoms with Gasteiger partial charge in [-0.25, -0.2) is 9.78 Å². The molecule has 4 aromatic rings. The van der Waals surface area contributed by atoms with Gasteiger partial charge >= 0.3 is 5.97 Å². The normalized spacial score (nSPS) is 12.7. The van der Waals surface area contributed by atoms with E-state index in [0.29, 0.717) is 49.9 Å². The van der Waals surface area contributed by atoms with Crippen LogP contribution in [0.5, 0.6) is 11.5 Å². The Morgan fingerprint density at radius 1 is 1.06 bits per heavy atom. The minimum Gasteiger partial charge on any atom is -0.478 e. The molecule has 170 valence electrons. The van der Waals surface area contributed by atoms with Gasteiger partial charge in [0.2, 0.25) is 6.79 Å². The highest BCUT2D eigenvalue weighted by Gasteiger charge is 2.21. The Hall–Kier alpha value is -3.74. The predicted molar refractivity (Wildman–Crippen MR) is 132 cm³/mol. The maximum Gasteiger partial charge on any atom is 0.336 e. The Bertz CT molecular complexity index is 1460. The highest BCUT2D eigenvalue weighted by molar-refractivity contribution is 6.35. The summed E-state index contributed by atoms with van der Waals surface area (Å²) >= 11 is 12.8. The highest BCUT2D eigenvalue weighted by atomic mass is 35.5. The number of nitrogens with one attached hydrogen (secondary N) is 1. The Morgan fingerprint density at radius 2 is 1.88 bits per heavy atom. The van der Waals surface area contributed by atoms with E-state index < -0.39 is 5.97 Å². The molecular formula is C26H18Cl2N2O4. The number of benzene rings is 3. The molecule has 8 heteroatoms. The molecule has 3 aromatic carbocycles. The van der Waals surface area contributed by atoms with Gasteiger partial charge in [0.05, 0.1) is 22.0 Å². The van der Waals surface area contributed by atoms with Gasteiger partial charge in [0.25, 0.3) is 0 Å². The van der Waals surface area contributed by atoms with E-state index in [-0.39, 0.29) is 12.4 Å². The van der Waals surface area contributed by atoms with Crippen molar-refractivity contribution >= 4 is 40.8 Å². The number of hydrogen-bond acceptors (Lipinski definition) is 4. The number of carboxylic acid groups (broad SMARTS) is 1. The van der Waals surface area contributed by atoms with Crippen LogP contribution >= 0.6 is 23.2 Å². The van der Waals surface area contributed by atoms with E-state index in [1.165, 1.54) is 6.08 Å². The topological polar surface area (TPSA) is 84.4 Å². The quantitative estimate of drug-likeness (QED) is 0.302. The SMILES string of the molecule is Cc1cccc(/C(=C/c2nc(-c3ccc4c(c3)OCO4)c(-c3cc(Cl)ccc3Cl)[nH]2)C(=O)O)c1. The second-order valence-corrected chi connectivity index (χ2v) is 8.61. The summed E-state index contributed by atoms with van der Waals surface area (Å²) in [5.41, 5.74) is 4.21. The number of carbonyl (C=O) groups is 1. The lowest BCUT2D eigenvalue weighted by atomic mass is 10.0. The first-order valence-electron chi connectivity index (χ1n) is 10.4. The number of aryl methyl sites for hydroxylation is 1. The van der Waals surface area contributed by atoms with Gasteiger partial charge in [-0.3, -0.25) is 0 Å². The van der Waals surface area contributed by atoms with Crippen molar-refractivity contribution in [3.05, 3.63) is 87.7 Å². The molecule has 2 heterocycles. The van der Waals surface area contributed by atoms with Crippen molar-refractivity contribution in [1.29, 1.82) is 0 Å². The number of hydrogen-bond donors (Lipinski definition) is 2. The molecule has 0 unspecified atom stereocenters. The van der Waals surface area contributed by atoms with Crippen LogP contribution in [0.3, 0.4) is 0 Å². The fourth-order valence-electron chi connectivity index (χ4n) is 3.81. The van der Waals surface area contributed by atoms with Crippen molar-refractivity contribution in [2.24, 2.45) is 0 Å². The van der Waals surface area contributed by atoms with Crippen LogP contribution in [-0.4, -0.2) is 27.8 Å². The van der Waals surface area contributed by atoms with E-state index in [1.54, 1.807) is 30.3 Å². The van der Waals surface area contributed by atoms with Gasteiger partial charge < -0.3 is 19.6 Å². The molecule has 0 amide bonds. The minimum atomic E-state index is -1.06. The summed E-state index contributed by atoms with van der Waals surface area (Å²) in [7, 11) is 0. The van der Waals surface area contributed by atoms with Crippen molar-refractivity contribution in [3.63, 3.8) is 0 Å². The number of carboxylic acids is 1. The Kier molecular flexibility index (Phi) is 5.77. The lowest BCUT2D eigenvalue weighted by molar-refractivity contribution is -0.130. The number of halogens is 2. The molecule has 2 N–H and O–H groups in total. The molecule has 0 aliphatic carbocycles. The first kappa shape index (κ1) is 22.1. The van der Waals surface area contributed by atoms with E-state index in [2.05, 4.69) is 4.98 Å². The highest BCUT2D eigenvalue weighted by Crippen LogP contribution is 2.40. The van der Waals surface area contributed by atoms with Crippen LogP contribution in [0, 0.1) is 6.92 Å². The molecule has 1 aliphatic rings. The summed E-state index contributed by atoms with van der Waals surface area (Å²) < 4.78 is 10.9. The van der Waals surface area contributed by atoms with E-state index in [0.717, 1.165) is 11.1 Å². The van der Waals surface area contributed by atoms with Crippen LogP contribution in [0.2, 0.25) is 10.0 Å². The number of fused-ring (bicyclic) bond motifs is 1. The Morgan fingerprint density at radius 3 is 2.68 bits per heavy atom. The second-order valence-electron chi connectivity index (χ2n) is 7.77. The van der Waals surface area contributed by atoms with Crippen molar-refractivity contribution in [2.45, 2.75) is 6.92 Å². The molecule has 1 aromatic heterocycles. The van der Waals surface area contributed by atoms with Crippen LogP contribution in [0.1, 0.15) is 17.0 Å². The molecule has 0 radical (unpaired) electrons. The molecule has 1 aliphatic heterocycles. The number of rotatable bonds is 5. The third-order valence-electron chi connectivity index (χ3n) is 5.41. The average molecular weight is 493 g/mol. The fourth-order valence-corrected chi connectivity index (χ4v) is 4.20. The van der Waals surface area contributed by atoms with Gasteiger partial charge in [0.1, 0.15) is 5.82 Å². The third-order valence-corrected chi connectivity index (χ3v) is 5.97. The molecule has 34 heavy (non-hydrogen) atoms. The molecule has 0 atom stereocenters. The molecule has 5 rings (SSSR count). The average Bonchev–Trinajstić information content (AvgIpc) is 3.45. The monoisotopic (exact) mass is 492 g/mol. The van der Waals surface area contributed by atoms with E-state index >= 15 is 0 Å². The first-order valence-corrected chi connectivity index (χ1v) is 11.1. The number of nitrogens with zero attached hydrogens (tertiary/aromatic N) is 1. The summed E-state index contributed by atoms with van der Waals surface area (Å²) in [4.78, 5) is 20.1. The van der Waals surface area contributed by atoms with Gasteiger partial charge in [-0.2, -0.15) is 0 Å². The van der Waals surface area contributed by atoms with Gasteiger partial charge in [0, 0.05) is 16.1 Å². The lowest BCUT2D eigenvalue weighted by Crippen LogP contribution is -2.00. The summed E-state index contributed by atoms with van der Waals surface area (Å²) in [5.74, 6) is 0.549. The van der Waals surface area contributed by atoms with Crippen LogP contribution in [0.25, 0.3) is 34.2 Å². The summed E-state index contributed by atoms with van der Waals surface area (Å²) in [5, 5.41) is 10.9. The molecule has 0 bridgehead atoms. The molecule has 6 nitrogen and oxygen atoms in total. The van der Waals surface area contributed by atoms with E-state index in [4.69, 9.17) is 37.7 Å². The minimum absolute atomic E-state index is 0.110. The molecular weight excluding hydrogens is 475 g/mol. The van der Waals surface area contributed by atoms with Crippen LogP contribution in [0.15, 0.2) is 60.7 Å². The largest absolute Gasteiger partial charge is 0.478 e. The Labute approximate surface area is 205 Å². The van der Waals surface area contributed by atoms with Gasteiger partial charge in [-0.1, -0.05) is 53.0 Å². The number of aliphatic carboxylic acids is 1. The number of aromatic nitrogens is 2. The second kappa shape index (κ2) is 8.89. The molecule has 0 fully saturated rings. The Balaban J connectivity index is 1.70. The molecule has 0 spiro atoms. The zero-order valence-electron chi connectivity index (χ0n) is 17.9. The number of ether oxygens (including phenoxy) is 2. The number of imidazole rings is 1. The van der Waals surface area contributed by atoms with E-state index in [1.807, 2.05) is 37.3 Å². The number of H-pyrrole nitrogens is 1. The standard InChI is InChI=1S/C26H18Cl2N2O4/c1-14-3-2-4-15(9-14)18(26(31)32)12-23-29-24(16-5-8-21-22(10-16)34-13-33-21)25(30-23)19-11-17(27)6-7-20(19)28/h2-12H,13H2,1H3,(H,29,30)(H,31,32)/b18-12-. The van der Waals surface area contributed by atoms with Crippen molar-refractivity contribution in [2.75, 3.05) is 6.79 Å². The van der Waals surface area contributed by atoms with Crippen molar-refractivity contribution in [3.8, 4) is 34.0 Å². The van der Waals surface area contributed by atoms with Gasteiger partial charge in [-0.15, -0.1) is 0 Å². The zero-order chi connectivity index (χ0) is 23.8. The maximum absolute atomic E-state index is 12.1. The summed E-state index contributed by atoms with van der Waals surface area (Å²) in [6, 6.07) is 17.9. The first-order chi connectivity index (χ1) is 16.4. The van der Waals surface area contributed by atoms with E-state index in [9.17, 15) is 9.90 Å². The number of aromatic amines is 1. The maximum atomic E-state index is 12.1. The summed E-state index contributed by atoms with van der Waals surface area (Å²) in [6.45, 7) is 2.06. The van der Waals surface area contributed by atoms with Gasteiger partial charge in [0.15, 0.2) is 11.5 Å². The predicted octanol–water partition coefficient (Wildman–Crippen LogP) is 6.71. The third kappa shape index (κ3) is 4.25. The van der Waals surface area contributed by atoms with Crippen LogP contribution < -0.4 is 9.47 Å². The van der Waals surface area contributed by atoms with Crippen molar-refractivity contribution < 1.29 is 19.4 Å². The molecule has 0 saturated heterocycles. The van der Waals surface area contributed by atoms with Crippen LogP contribution in [0.4, 0.5) is 0 Å². The smallest absolute Gasteiger partial charge is 0.336 e. The summed E-state index contributed by atoms with van der Waals surface area (Å²) in [6.07, 6.45) is 1.51. The van der Waals surface area contributed by atoms with Crippen LogP contribution in [-0.2, 0) is 4.79 Å². The fraction of sp³-hybridized carbons (Fsp3) is 0.0769. The lowest BCUT2D eigenvalue weighted by Gasteiger charge is -2.07. The van der Waals surface area contributed by atoms with Crippen molar-refractivity contribution in [1.82, 2.24) is 9.97 Å².